The summed E-state index contributed by atoms with van der Waals surface area (Å²) < 4.78 is 2.46. The first-order valence-electron chi connectivity index (χ1n) is 15.1. The van der Waals surface area contributed by atoms with Crippen LogP contribution >= 0.6 is 0 Å². The largest absolute Gasteiger partial charge is 0.337 e. The Hall–Kier alpha value is -5.32. The van der Waals surface area contributed by atoms with E-state index in [1.807, 2.05) is 18.2 Å². The molecule has 2 heterocycles. The molecular formula is C39H30N4. The van der Waals surface area contributed by atoms with E-state index >= 15 is 0 Å². The highest BCUT2D eigenvalue weighted by atomic mass is 15.2. The van der Waals surface area contributed by atoms with Crippen LogP contribution in [0.15, 0.2) is 120 Å². The molecule has 3 atom stereocenters. The maximum Gasteiger partial charge on any atom is 0.0988 e. The number of rotatable bonds is 4. The monoisotopic (exact) mass is 554 g/mol. The minimum Gasteiger partial charge on any atom is -0.337 e. The average Bonchev–Trinajstić information content (AvgIpc) is 3.57. The lowest BCUT2D eigenvalue weighted by Crippen LogP contribution is -2.29. The molecule has 1 aliphatic heterocycles. The molecule has 0 radical (unpaired) electrons. The smallest absolute Gasteiger partial charge is 0.0988 e. The number of fused-ring (bicyclic) bond motifs is 6. The lowest BCUT2D eigenvalue weighted by atomic mass is 9.88. The van der Waals surface area contributed by atoms with E-state index in [2.05, 4.69) is 119 Å². The number of para-hydroxylation sites is 2. The fourth-order valence-electron chi connectivity index (χ4n) is 7.44. The van der Waals surface area contributed by atoms with Gasteiger partial charge < -0.3 is 9.47 Å². The first-order chi connectivity index (χ1) is 21.2. The molecule has 0 spiro atoms. The van der Waals surface area contributed by atoms with E-state index in [0.29, 0.717) is 0 Å². The minimum atomic E-state index is -0.0622. The molecule has 0 saturated carbocycles. The predicted molar refractivity (Wildman–Crippen MR) is 174 cm³/mol. The molecule has 4 heteroatoms. The van der Waals surface area contributed by atoms with E-state index in [1.54, 1.807) is 0 Å². The SMILES string of the molecule is N#CC1=CC2c3cccc(-c4ccc5c6c(n(CC7=CC=CC(C#N)C7)c5c4)C=CCC6)c3N(c3ccccc3)C2C=C1. The molecule has 0 N–H and O–H groups in total. The normalized spacial score (nSPS) is 21.4. The molecule has 206 valence electrons. The van der Waals surface area contributed by atoms with E-state index < -0.39 is 0 Å². The number of hydrogen-bond acceptors (Lipinski definition) is 3. The Balaban J connectivity index is 1.30. The van der Waals surface area contributed by atoms with Crippen LogP contribution in [0.25, 0.3) is 28.1 Å². The van der Waals surface area contributed by atoms with Gasteiger partial charge >= 0.3 is 0 Å². The molecule has 4 aromatic rings. The van der Waals surface area contributed by atoms with Crippen molar-refractivity contribution in [2.45, 2.75) is 37.8 Å². The molecule has 4 nitrogen and oxygen atoms in total. The Bertz CT molecular complexity index is 2020. The first kappa shape index (κ1) is 25.4. The molecule has 43 heavy (non-hydrogen) atoms. The molecule has 0 fully saturated rings. The number of anilines is 2. The van der Waals surface area contributed by atoms with Crippen LogP contribution in [0.2, 0.25) is 0 Å². The second-order valence-corrected chi connectivity index (χ2v) is 11.8. The van der Waals surface area contributed by atoms with Gasteiger partial charge in [-0.05, 0) is 71.9 Å². The quantitative estimate of drug-likeness (QED) is 0.253. The fraction of sp³-hybridized carbons (Fsp3) is 0.179. The minimum absolute atomic E-state index is 0.0622. The average molecular weight is 555 g/mol. The standard InChI is InChI=1S/C39H30N4/c40-23-26-8-6-9-28(20-26)25-42-36-15-5-4-12-32(36)33-18-17-29(22-38(33)42)31-13-7-14-34-35-21-27(24-41)16-19-37(35)43(39(31)34)30-10-2-1-3-11-30/h1-3,5-11,13-19,21-22,26,35,37H,4,12,20,25H2. The Morgan fingerprint density at radius 3 is 2.70 bits per heavy atom. The number of aromatic nitrogens is 1. The summed E-state index contributed by atoms with van der Waals surface area (Å²) >= 11 is 0. The van der Waals surface area contributed by atoms with E-state index in [0.717, 1.165) is 37.1 Å². The van der Waals surface area contributed by atoms with Gasteiger partial charge in [0, 0.05) is 45.9 Å². The van der Waals surface area contributed by atoms with Gasteiger partial charge in [0.2, 0.25) is 0 Å². The van der Waals surface area contributed by atoms with Crippen LogP contribution in [0, 0.1) is 28.6 Å². The van der Waals surface area contributed by atoms with Crippen molar-refractivity contribution in [1.82, 2.24) is 4.57 Å². The molecule has 3 aromatic carbocycles. The third-order valence-corrected chi connectivity index (χ3v) is 9.37. The van der Waals surface area contributed by atoms with Gasteiger partial charge in [0.05, 0.1) is 29.8 Å². The number of allylic oxidation sites excluding steroid dienone is 7. The van der Waals surface area contributed by atoms with Crippen molar-refractivity contribution in [2.24, 2.45) is 5.92 Å². The molecular weight excluding hydrogens is 524 g/mol. The van der Waals surface area contributed by atoms with Crippen LogP contribution in [0.4, 0.5) is 11.4 Å². The lowest BCUT2D eigenvalue weighted by Gasteiger charge is -2.30. The van der Waals surface area contributed by atoms with Crippen molar-refractivity contribution in [1.29, 1.82) is 10.5 Å². The summed E-state index contributed by atoms with van der Waals surface area (Å²) in [7, 11) is 0. The Morgan fingerprint density at radius 2 is 1.84 bits per heavy atom. The second kappa shape index (κ2) is 10.2. The van der Waals surface area contributed by atoms with Crippen LogP contribution in [-0.2, 0) is 13.0 Å². The van der Waals surface area contributed by atoms with Crippen LogP contribution in [-0.4, -0.2) is 10.6 Å². The van der Waals surface area contributed by atoms with Crippen molar-refractivity contribution in [3.05, 3.63) is 137 Å². The molecule has 3 aliphatic carbocycles. The third-order valence-electron chi connectivity index (χ3n) is 9.37. The molecule has 0 saturated heterocycles. The van der Waals surface area contributed by atoms with Crippen LogP contribution in [0.5, 0.6) is 0 Å². The van der Waals surface area contributed by atoms with E-state index in [9.17, 15) is 10.5 Å². The molecule has 4 aliphatic rings. The van der Waals surface area contributed by atoms with Gasteiger partial charge in [0.15, 0.2) is 0 Å². The van der Waals surface area contributed by atoms with E-state index in [4.69, 9.17) is 0 Å². The number of hydrogen-bond donors (Lipinski definition) is 0. The zero-order valence-corrected chi connectivity index (χ0v) is 23.8. The highest BCUT2D eigenvalue weighted by Crippen LogP contribution is 2.52. The molecule has 1 aromatic heterocycles. The van der Waals surface area contributed by atoms with Gasteiger partial charge in [-0.3, -0.25) is 0 Å². The summed E-state index contributed by atoms with van der Waals surface area (Å²) in [6.45, 7) is 0.780. The molecule has 0 bridgehead atoms. The Kier molecular flexibility index (Phi) is 6.02. The highest BCUT2D eigenvalue weighted by Gasteiger charge is 2.40. The van der Waals surface area contributed by atoms with Crippen molar-refractivity contribution >= 4 is 28.4 Å². The van der Waals surface area contributed by atoms with Gasteiger partial charge in [-0.2, -0.15) is 10.5 Å². The lowest BCUT2D eigenvalue weighted by molar-refractivity contribution is 0.701. The Labute approximate surface area is 252 Å². The number of nitrogens with zero attached hydrogens (tertiary/aromatic N) is 4. The number of aryl methyl sites for hydroxylation is 1. The van der Waals surface area contributed by atoms with Crippen molar-refractivity contribution in [2.75, 3.05) is 4.90 Å². The van der Waals surface area contributed by atoms with Gasteiger partial charge in [-0.1, -0.05) is 85.0 Å². The Morgan fingerprint density at radius 1 is 0.930 bits per heavy atom. The third kappa shape index (κ3) is 4.10. The first-order valence-corrected chi connectivity index (χ1v) is 15.1. The number of nitriles is 2. The summed E-state index contributed by atoms with van der Waals surface area (Å²) in [6, 6.07) is 29.1. The zero-order chi connectivity index (χ0) is 28.9. The zero-order valence-electron chi connectivity index (χ0n) is 23.8. The van der Waals surface area contributed by atoms with Crippen molar-refractivity contribution < 1.29 is 0 Å². The van der Waals surface area contributed by atoms with Gasteiger partial charge in [0.1, 0.15) is 0 Å². The van der Waals surface area contributed by atoms with Gasteiger partial charge in [-0.15, -0.1) is 0 Å². The molecule has 8 rings (SSSR count). The summed E-state index contributed by atoms with van der Waals surface area (Å²) in [5.41, 5.74) is 11.9. The van der Waals surface area contributed by atoms with Crippen molar-refractivity contribution in [3.8, 4) is 23.3 Å². The topological polar surface area (TPSA) is 55.8 Å². The highest BCUT2D eigenvalue weighted by molar-refractivity contribution is 5.96. The van der Waals surface area contributed by atoms with Gasteiger partial charge in [-0.25, -0.2) is 0 Å². The van der Waals surface area contributed by atoms with Gasteiger partial charge in [0.25, 0.3) is 0 Å². The summed E-state index contributed by atoms with van der Waals surface area (Å²) in [6.07, 6.45) is 20.0. The summed E-state index contributed by atoms with van der Waals surface area (Å²) in [4.78, 5) is 2.45. The molecule has 3 unspecified atom stereocenters. The second-order valence-electron chi connectivity index (χ2n) is 11.8. The van der Waals surface area contributed by atoms with Crippen LogP contribution in [0.3, 0.4) is 0 Å². The van der Waals surface area contributed by atoms with Crippen LogP contribution < -0.4 is 4.90 Å². The number of benzene rings is 3. The summed E-state index contributed by atoms with van der Waals surface area (Å²) in [5, 5.41) is 20.6. The maximum atomic E-state index is 9.70. The van der Waals surface area contributed by atoms with Crippen molar-refractivity contribution in [3.63, 3.8) is 0 Å². The summed E-state index contributed by atoms with van der Waals surface area (Å²) in [5.74, 6) is 0.0482. The maximum absolute atomic E-state index is 9.70. The van der Waals surface area contributed by atoms with E-state index in [-0.39, 0.29) is 17.9 Å². The predicted octanol–water partition coefficient (Wildman–Crippen LogP) is 8.92. The molecule has 0 amide bonds. The van der Waals surface area contributed by atoms with E-state index in [1.165, 1.54) is 50.1 Å². The van der Waals surface area contributed by atoms with Crippen LogP contribution in [0.1, 0.15) is 35.6 Å². The fourth-order valence-corrected chi connectivity index (χ4v) is 7.44.